The summed E-state index contributed by atoms with van der Waals surface area (Å²) in [6.07, 6.45) is 3.14. The number of carbonyl (C=O) groups excluding carboxylic acids is 1. The second-order valence-corrected chi connectivity index (χ2v) is 4.32. The van der Waals surface area contributed by atoms with Crippen LogP contribution in [-0.2, 0) is 4.79 Å². The van der Waals surface area contributed by atoms with Crippen molar-refractivity contribution in [3.63, 3.8) is 0 Å². The lowest BCUT2D eigenvalue weighted by atomic mass is 10.0. The quantitative estimate of drug-likeness (QED) is 0.644. The van der Waals surface area contributed by atoms with Crippen molar-refractivity contribution in [1.29, 1.82) is 0 Å². The topological polar surface area (TPSA) is 20.3 Å². The highest BCUT2D eigenvalue weighted by Crippen LogP contribution is 2.12. The summed E-state index contributed by atoms with van der Waals surface area (Å²) < 4.78 is 0. The van der Waals surface area contributed by atoms with E-state index >= 15 is 0 Å². The molecule has 2 nitrogen and oxygen atoms in total. The van der Waals surface area contributed by atoms with Gasteiger partial charge in [0.25, 0.3) is 0 Å². The molecule has 0 saturated heterocycles. The monoisotopic (exact) mass is 199 g/mol. The SMILES string of the molecule is CCCC(C)C(=O)N(CCC)C(C)C. The third kappa shape index (κ3) is 4.12. The minimum atomic E-state index is 0.189. The molecule has 0 spiro atoms. The van der Waals surface area contributed by atoms with E-state index in [-0.39, 0.29) is 5.92 Å². The van der Waals surface area contributed by atoms with Gasteiger partial charge in [0.2, 0.25) is 5.91 Å². The Hall–Kier alpha value is -0.530. The summed E-state index contributed by atoms with van der Waals surface area (Å²) in [6.45, 7) is 11.4. The lowest BCUT2D eigenvalue weighted by Gasteiger charge is -2.29. The molecule has 0 saturated carbocycles. The fraction of sp³-hybridized carbons (Fsp3) is 0.917. The van der Waals surface area contributed by atoms with Crippen LogP contribution in [0.3, 0.4) is 0 Å². The van der Waals surface area contributed by atoms with Gasteiger partial charge in [0.1, 0.15) is 0 Å². The molecule has 0 rings (SSSR count). The summed E-state index contributed by atoms with van der Waals surface area (Å²) >= 11 is 0. The molecule has 0 fully saturated rings. The molecule has 0 bridgehead atoms. The lowest BCUT2D eigenvalue weighted by molar-refractivity contribution is -0.137. The van der Waals surface area contributed by atoms with Crippen LogP contribution in [0.5, 0.6) is 0 Å². The number of nitrogens with zero attached hydrogens (tertiary/aromatic N) is 1. The first-order chi connectivity index (χ1) is 6.54. The molecule has 0 radical (unpaired) electrons. The van der Waals surface area contributed by atoms with Crippen LogP contribution in [-0.4, -0.2) is 23.4 Å². The Kier molecular flexibility index (Phi) is 6.60. The Morgan fingerprint density at radius 3 is 2.07 bits per heavy atom. The van der Waals surface area contributed by atoms with E-state index in [0.29, 0.717) is 11.9 Å². The van der Waals surface area contributed by atoms with Gasteiger partial charge in [0.05, 0.1) is 0 Å². The van der Waals surface area contributed by atoms with Gasteiger partial charge in [-0.1, -0.05) is 27.2 Å². The standard InChI is InChI=1S/C12H25NO/c1-6-8-11(5)12(14)13(9-7-2)10(3)4/h10-11H,6-9H2,1-5H3. The highest BCUT2D eigenvalue weighted by molar-refractivity contribution is 5.78. The minimum absolute atomic E-state index is 0.189. The molecule has 1 unspecified atom stereocenters. The van der Waals surface area contributed by atoms with Crippen molar-refractivity contribution >= 4 is 5.91 Å². The summed E-state index contributed by atoms with van der Waals surface area (Å²) in [6, 6.07) is 0.335. The smallest absolute Gasteiger partial charge is 0.225 e. The van der Waals surface area contributed by atoms with Crippen LogP contribution < -0.4 is 0 Å². The van der Waals surface area contributed by atoms with Crippen molar-refractivity contribution in [2.45, 2.75) is 59.9 Å². The van der Waals surface area contributed by atoms with E-state index < -0.39 is 0 Å². The van der Waals surface area contributed by atoms with Crippen molar-refractivity contribution in [1.82, 2.24) is 4.90 Å². The highest BCUT2D eigenvalue weighted by atomic mass is 16.2. The molecule has 1 atom stereocenters. The first-order valence-corrected chi connectivity index (χ1v) is 5.85. The predicted molar refractivity (Wildman–Crippen MR) is 61.2 cm³/mol. The molecule has 0 aromatic rings. The molecular weight excluding hydrogens is 174 g/mol. The molecule has 14 heavy (non-hydrogen) atoms. The molecule has 0 N–H and O–H groups in total. The molecule has 1 amide bonds. The number of hydrogen-bond donors (Lipinski definition) is 0. The second kappa shape index (κ2) is 6.86. The molecule has 84 valence electrons. The fourth-order valence-electron chi connectivity index (χ4n) is 1.70. The molecule has 0 aliphatic rings. The van der Waals surface area contributed by atoms with Crippen molar-refractivity contribution in [2.75, 3.05) is 6.54 Å². The summed E-state index contributed by atoms with van der Waals surface area (Å²) in [7, 11) is 0. The molecule has 0 aromatic heterocycles. The zero-order chi connectivity index (χ0) is 11.1. The summed E-state index contributed by atoms with van der Waals surface area (Å²) in [4.78, 5) is 14.0. The molecule has 0 aliphatic carbocycles. The molecule has 0 aromatic carbocycles. The zero-order valence-electron chi connectivity index (χ0n) is 10.3. The van der Waals surface area contributed by atoms with Gasteiger partial charge in [-0.05, 0) is 26.7 Å². The van der Waals surface area contributed by atoms with E-state index in [1.54, 1.807) is 0 Å². The molecule has 2 heteroatoms. The maximum absolute atomic E-state index is 12.0. The maximum atomic E-state index is 12.0. The van der Waals surface area contributed by atoms with Crippen LogP contribution in [0.4, 0.5) is 0 Å². The van der Waals surface area contributed by atoms with Crippen LogP contribution >= 0.6 is 0 Å². The Morgan fingerprint density at radius 1 is 1.14 bits per heavy atom. The highest BCUT2D eigenvalue weighted by Gasteiger charge is 2.20. The Labute approximate surface area is 88.7 Å². The van der Waals surface area contributed by atoms with E-state index in [1.807, 2.05) is 11.8 Å². The lowest BCUT2D eigenvalue weighted by Crippen LogP contribution is -2.40. The van der Waals surface area contributed by atoms with Gasteiger partial charge < -0.3 is 4.90 Å². The van der Waals surface area contributed by atoms with Crippen molar-refractivity contribution in [3.8, 4) is 0 Å². The third-order valence-corrected chi connectivity index (χ3v) is 2.51. The fourth-order valence-corrected chi connectivity index (χ4v) is 1.70. The van der Waals surface area contributed by atoms with Crippen LogP contribution in [0.25, 0.3) is 0 Å². The average molecular weight is 199 g/mol. The summed E-state index contributed by atoms with van der Waals surface area (Å²) in [5.74, 6) is 0.512. The first kappa shape index (κ1) is 13.5. The van der Waals surface area contributed by atoms with Gasteiger partial charge in [-0.3, -0.25) is 4.79 Å². The van der Waals surface area contributed by atoms with E-state index in [2.05, 4.69) is 27.7 Å². The number of carbonyl (C=O) groups is 1. The largest absolute Gasteiger partial charge is 0.340 e. The van der Waals surface area contributed by atoms with Crippen molar-refractivity contribution < 1.29 is 4.79 Å². The second-order valence-electron chi connectivity index (χ2n) is 4.32. The van der Waals surface area contributed by atoms with Gasteiger partial charge >= 0.3 is 0 Å². The average Bonchev–Trinajstić information content (AvgIpc) is 2.13. The molecule has 0 heterocycles. The predicted octanol–water partition coefficient (Wildman–Crippen LogP) is 3.07. The Balaban J connectivity index is 4.27. The normalized spacial score (nSPS) is 13.0. The van der Waals surface area contributed by atoms with Gasteiger partial charge in [-0.15, -0.1) is 0 Å². The van der Waals surface area contributed by atoms with Crippen LogP contribution in [0, 0.1) is 5.92 Å². The van der Waals surface area contributed by atoms with Crippen LogP contribution in [0.1, 0.15) is 53.9 Å². The number of hydrogen-bond acceptors (Lipinski definition) is 1. The molecule has 0 aliphatic heterocycles. The summed E-state index contributed by atoms with van der Waals surface area (Å²) in [5.41, 5.74) is 0. The van der Waals surface area contributed by atoms with E-state index in [0.717, 1.165) is 25.8 Å². The zero-order valence-corrected chi connectivity index (χ0v) is 10.3. The van der Waals surface area contributed by atoms with Gasteiger partial charge in [0.15, 0.2) is 0 Å². The Bertz CT molecular complexity index is 166. The maximum Gasteiger partial charge on any atom is 0.225 e. The van der Waals surface area contributed by atoms with E-state index in [1.165, 1.54) is 0 Å². The van der Waals surface area contributed by atoms with Gasteiger partial charge in [-0.2, -0.15) is 0 Å². The first-order valence-electron chi connectivity index (χ1n) is 5.85. The minimum Gasteiger partial charge on any atom is -0.340 e. The van der Waals surface area contributed by atoms with E-state index in [9.17, 15) is 4.79 Å². The van der Waals surface area contributed by atoms with Crippen molar-refractivity contribution in [2.24, 2.45) is 5.92 Å². The van der Waals surface area contributed by atoms with Gasteiger partial charge in [0, 0.05) is 18.5 Å². The Morgan fingerprint density at radius 2 is 1.71 bits per heavy atom. The number of amides is 1. The molecular formula is C12H25NO. The van der Waals surface area contributed by atoms with E-state index in [4.69, 9.17) is 0 Å². The van der Waals surface area contributed by atoms with Gasteiger partial charge in [-0.25, -0.2) is 0 Å². The van der Waals surface area contributed by atoms with Crippen LogP contribution in [0.15, 0.2) is 0 Å². The summed E-state index contributed by atoms with van der Waals surface area (Å²) in [5, 5.41) is 0. The third-order valence-electron chi connectivity index (χ3n) is 2.51. The number of rotatable bonds is 6. The van der Waals surface area contributed by atoms with Crippen LogP contribution in [0.2, 0.25) is 0 Å². The van der Waals surface area contributed by atoms with Crippen molar-refractivity contribution in [3.05, 3.63) is 0 Å².